The van der Waals surface area contributed by atoms with E-state index in [0.29, 0.717) is 12.3 Å². The molecule has 2 aromatic rings. The standard InChI is InChI=1S/C22H30N4O5/c1-24-20-15(25-11-9-14(10-12-25)13-19(30-2)31-3)5-4-6-16(20)26(22(24)29)17-7-8-18(27)23-21(17)28/h4-6,14,17,19H,7-13H2,1-3H3,(H,23,27,28). The van der Waals surface area contributed by atoms with E-state index in [1.54, 1.807) is 25.8 Å². The Morgan fingerprint density at radius 3 is 2.45 bits per heavy atom. The number of ether oxygens (including phenoxy) is 2. The van der Waals surface area contributed by atoms with E-state index in [9.17, 15) is 14.4 Å². The summed E-state index contributed by atoms with van der Waals surface area (Å²) in [5.74, 6) is -0.178. The lowest BCUT2D eigenvalue weighted by Gasteiger charge is -2.35. The Hall–Kier alpha value is -2.65. The maximum atomic E-state index is 13.1. The van der Waals surface area contributed by atoms with Crippen LogP contribution in [0.3, 0.4) is 0 Å². The lowest BCUT2D eigenvalue weighted by Crippen LogP contribution is -2.44. The monoisotopic (exact) mass is 430 g/mol. The molecule has 0 spiro atoms. The fourth-order valence-electron chi connectivity index (χ4n) is 4.87. The third kappa shape index (κ3) is 3.99. The van der Waals surface area contributed by atoms with E-state index in [1.807, 2.05) is 18.2 Å². The molecule has 2 saturated heterocycles. The molecule has 4 rings (SSSR count). The number of aryl methyl sites for hydroxylation is 1. The van der Waals surface area contributed by atoms with Crippen molar-refractivity contribution in [2.45, 2.75) is 44.4 Å². The molecule has 0 radical (unpaired) electrons. The molecular formula is C22H30N4O5. The number of para-hydroxylation sites is 1. The molecule has 9 nitrogen and oxygen atoms in total. The van der Waals surface area contributed by atoms with Crippen molar-refractivity contribution in [1.82, 2.24) is 14.5 Å². The number of methoxy groups -OCH3 is 2. The Labute approximate surface area is 180 Å². The van der Waals surface area contributed by atoms with Gasteiger partial charge in [-0.1, -0.05) is 6.07 Å². The number of nitrogens with one attached hydrogen (secondary N) is 1. The molecule has 31 heavy (non-hydrogen) atoms. The molecule has 0 saturated carbocycles. The Kier molecular flexibility index (Phi) is 6.15. The summed E-state index contributed by atoms with van der Waals surface area (Å²) in [5.41, 5.74) is 2.30. The van der Waals surface area contributed by atoms with Crippen molar-refractivity contribution in [3.05, 3.63) is 28.7 Å². The number of aromatic nitrogens is 2. The topological polar surface area (TPSA) is 94.8 Å². The number of rotatable bonds is 6. The highest BCUT2D eigenvalue weighted by molar-refractivity contribution is 6.00. The summed E-state index contributed by atoms with van der Waals surface area (Å²) in [5, 5.41) is 2.36. The SMILES string of the molecule is COC(CC1CCN(c2cccc3c2n(C)c(=O)n3C2CCC(=O)NC2=O)CC1)OC. The van der Waals surface area contributed by atoms with Crippen molar-refractivity contribution in [3.8, 4) is 0 Å². The molecule has 1 N–H and O–H groups in total. The first-order valence-corrected chi connectivity index (χ1v) is 10.8. The molecule has 9 heteroatoms. The van der Waals surface area contributed by atoms with Gasteiger partial charge in [0, 0.05) is 47.2 Å². The molecule has 1 unspecified atom stereocenters. The number of anilines is 1. The van der Waals surface area contributed by atoms with E-state index in [2.05, 4.69) is 10.2 Å². The van der Waals surface area contributed by atoms with Crippen LogP contribution < -0.4 is 15.9 Å². The first kappa shape index (κ1) is 21.6. The number of nitrogens with zero attached hydrogens (tertiary/aromatic N) is 3. The van der Waals surface area contributed by atoms with E-state index in [0.717, 1.165) is 49.1 Å². The predicted octanol–water partition coefficient (Wildman–Crippen LogP) is 1.54. The van der Waals surface area contributed by atoms with Gasteiger partial charge in [-0.25, -0.2) is 4.79 Å². The second kappa shape index (κ2) is 8.84. The molecular weight excluding hydrogens is 400 g/mol. The molecule has 3 heterocycles. The van der Waals surface area contributed by atoms with Crippen molar-refractivity contribution in [2.24, 2.45) is 13.0 Å². The van der Waals surface area contributed by atoms with E-state index in [1.165, 1.54) is 4.57 Å². The highest BCUT2D eigenvalue weighted by Crippen LogP contribution is 2.33. The largest absolute Gasteiger partial charge is 0.370 e. The van der Waals surface area contributed by atoms with Crippen molar-refractivity contribution in [3.63, 3.8) is 0 Å². The Morgan fingerprint density at radius 2 is 1.81 bits per heavy atom. The van der Waals surface area contributed by atoms with Crippen LogP contribution in [0.1, 0.15) is 38.1 Å². The summed E-state index contributed by atoms with van der Waals surface area (Å²) >= 11 is 0. The zero-order valence-corrected chi connectivity index (χ0v) is 18.3. The molecule has 0 aliphatic carbocycles. The Morgan fingerprint density at radius 1 is 1.10 bits per heavy atom. The zero-order chi connectivity index (χ0) is 22.1. The summed E-state index contributed by atoms with van der Waals surface area (Å²) in [4.78, 5) is 39.4. The van der Waals surface area contributed by atoms with Gasteiger partial charge < -0.3 is 14.4 Å². The number of hydrogen-bond donors (Lipinski definition) is 1. The fraction of sp³-hybridized carbons (Fsp3) is 0.591. The second-order valence-corrected chi connectivity index (χ2v) is 8.39. The minimum atomic E-state index is -0.671. The van der Waals surface area contributed by atoms with E-state index >= 15 is 0 Å². The van der Waals surface area contributed by atoms with Crippen molar-refractivity contribution < 1.29 is 19.1 Å². The van der Waals surface area contributed by atoms with Crippen LogP contribution in [-0.2, 0) is 26.1 Å². The number of fused-ring (bicyclic) bond motifs is 1. The average Bonchev–Trinajstić information content (AvgIpc) is 3.03. The minimum absolute atomic E-state index is 0.177. The summed E-state index contributed by atoms with van der Waals surface area (Å²) in [6.45, 7) is 1.75. The maximum Gasteiger partial charge on any atom is 0.329 e. The van der Waals surface area contributed by atoms with Crippen LogP contribution >= 0.6 is 0 Å². The van der Waals surface area contributed by atoms with Crippen molar-refractivity contribution >= 4 is 28.5 Å². The van der Waals surface area contributed by atoms with Crippen LogP contribution in [0.15, 0.2) is 23.0 Å². The van der Waals surface area contributed by atoms with Crippen LogP contribution in [0.5, 0.6) is 0 Å². The van der Waals surface area contributed by atoms with E-state index in [-0.39, 0.29) is 24.3 Å². The lowest BCUT2D eigenvalue weighted by atomic mass is 9.93. The normalized spacial score (nSPS) is 20.6. The first-order chi connectivity index (χ1) is 14.9. The summed E-state index contributed by atoms with van der Waals surface area (Å²) in [6, 6.07) is 5.16. The summed E-state index contributed by atoms with van der Waals surface area (Å²) in [7, 11) is 5.07. The highest BCUT2D eigenvalue weighted by atomic mass is 16.7. The molecule has 2 amide bonds. The fourth-order valence-corrected chi connectivity index (χ4v) is 4.87. The molecule has 2 aliphatic rings. The van der Waals surface area contributed by atoms with Crippen molar-refractivity contribution in [1.29, 1.82) is 0 Å². The number of benzene rings is 1. The quantitative estimate of drug-likeness (QED) is 0.552. The molecule has 1 atom stereocenters. The smallest absolute Gasteiger partial charge is 0.329 e. The summed E-state index contributed by atoms with van der Waals surface area (Å²) in [6.07, 6.45) is 3.29. The Balaban J connectivity index is 1.62. The van der Waals surface area contributed by atoms with Gasteiger partial charge >= 0.3 is 5.69 Å². The van der Waals surface area contributed by atoms with Gasteiger partial charge in [-0.15, -0.1) is 0 Å². The van der Waals surface area contributed by atoms with Crippen LogP contribution in [0.2, 0.25) is 0 Å². The number of imidazole rings is 1. The third-order valence-electron chi connectivity index (χ3n) is 6.61. The van der Waals surface area contributed by atoms with Gasteiger partial charge in [-0.2, -0.15) is 0 Å². The van der Waals surface area contributed by atoms with Gasteiger partial charge in [0.15, 0.2) is 6.29 Å². The Bertz CT molecular complexity index is 1030. The second-order valence-electron chi connectivity index (χ2n) is 8.39. The predicted molar refractivity (Wildman–Crippen MR) is 116 cm³/mol. The van der Waals surface area contributed by atoms with Gasteiger partial charge in [0.25, 0.3) is 0 Å². The van der Waals surface area contributed by atoms with Crippen LogP contribution in [-0.4, -0.2) is 54.5 Å². The number of carbonyl (C=O) groups is 2. The van der Waals surface area contributed by atoms with Crippen LogP contribution in [0.4, 0.5) is 5.69 Å². The molecule has 2 aliphatic heterocycles. The average molecular weight is 431 g/mol. The summed E-state index contributed by atoms with van der Waals surface area (Å²) < 4.78 is 13.8. The number of piperidine rings is 2. The first-order valence-electron chi connectivity index (χ1n) is 10.8. The highest BCUT2D eigenvalue weighted by Gasteiger charge is 2.32. The number of imide groups is 1. The molecule has 0 bridgehead atoms. The molecule has 1 aromatic heterocycles. The van der Waals surface area contributed by atoms with Gasteiger partial charge in [0.05, 0.1) is 16.7 Å². The lowest BCUT2D eigenvalue weighted by molar-refractivity contribution is -0.135. The van der Waals surface area contributed by atoms with E-state index in [4.69, 9.17) is 9.47 Å². The van der Waals surface area contributed by atoms with Gasteiger partial charge in [-0.3, -0.25) is 24.0 Å². The van der Waals surface area contributed by atoms with Crippen LogP contribution in [0.25, 0.3) is 11.0 Å². The number of hydrogen-bond acceptors (Lipinski definition) is 6. The zero-order valence-electron chi connectivity index (χ0n) is 18.3. The molecule has 1 aromatic carbocycles. The third-order valence-corrected chi connectivity index (χ3v) is 6.61. The van der Waals surface area contributed by atoms with Gasteiger partial charge in [0.1, 0.15) is 6.04 Å². The maximum absolute atomic E-state index is 13.1. The van der Waals surface area contributed by atoms with E-state index < -0.39 is 11.9 Å². The van der Waals surface area contributed by atoms with Crippen molar-refractivity contribution in [2.75, 3.05) is 32.2 Å². The van der Waals surface area contributed by atoms with Gasteiger partial charge in [0.2, 0.25) is 11.8 Å². The van der Waals surface area contributed by atoms with Gasteiger partial charge in [-0.05, 0) is 37.3 Å². The number of carbonyl (C=O) groups excluding carboxylic acids is 2. The molecule has 2 fully saturated rings. The van der Waals surface area contributed by atoms with Crippen LogP contribution in [0, 0.1) is 5.92 Å². The minimum Gasteiger partial charge on any atom is -0.370 e. The molecule has 168 valence electrons. The number of amides is 2.